The van der Waals surface area contributed by atoms with Crippen molar-refractivity contribution in [3.8, 4) is 0 Å². The van der Waals surface area contributed by atoms with Gasteiger partial charge in [0.15, 0.2) is 8.32 Å². The van der Waals surface area contributed by atoms with Gasteiger partial charge in [-0.2, -0.15) is 0 Å². The van der Waals surface area contributed by atoms with Crippen LogP contribution in [0.2, 0.25) is 18.1 Å². The lowest BCUT2D eigenvalue weighted by molar-refractivity contribution is 0.196. The van der Waals surface area contributed by atoms with E-state index in [9.17, 15) is 0 Å². The van der Waals surface area contributed by atoms with Gasteiger partial charge in [0, 0.05) is 0 Å². The minimum atomic E-state index is -1.59. The molecule has 0 aromatic rings. The molecule has 0 aromatic carbocycles. The normalized spacial score (nSPS) is 43.7. The molecule has 0 aliphatic heterocycles. The van der Waals surface area contributed by atoms with Crippen LogP contribution in [0.4, 0.5) is 0 Å². The molecule has 0 heterocycles. The first-order valence-electron chi connectivity index (χ1n) is 7.16. The van der Waals surface area contributed by atoms with E-state index in [1.54, 1.807) is 0 Å². The highest BCUT2D eigenvalue weighted by molar-refractivity contribution is 6.74. The highest BCUT2D eigenvalue weighted by Gasteiger charge is 2.57. The van der Waals surface area contributed by atoms with Crippen molar-refractivity contribution in [1.29, 1.82) is 0 Å². The number of rotatable bonds is 2. The fourth-order valence-corrected chi connectivity index (χ4v) is 4.38. The zero-order chi connectivity index (χ0) is 12.4. The smallest absolute Gasteiger partial charge is 0.192 e. The molecule has 0 aromatic heterocycles. The third kappa shape index (κ3) is 2.04. The van der Waals surface area contributed by atoms with Crippen LogP contribution in [0.15, 0.2) is 12.2 Å². The van der Waals surface area contributed by atoms with Gasteiger partial charge >= 0.3 is 0 Å². The van der Waals surface area contributed by atoms with Crippen LogP contribution in [0.5, 0.6) is 0 Å². The molecule has 17 heavy (non-hydrogen) atoms. The molecule has 96 valence electrons. The van der Waals surface area contributed by atoms with Crippen LogP contribution in [0.25, 0.3) is 0 Å². The van der Waals surface area contributed by atoms with Gasteiger partial charge in [-0.05, 0) is 54.6 Å². The Morgan fingerprint density at radius 2 is 1.71 bits per heavy atom. The fourth-order valence-electron chi connectivity index (χ4n) is 3.09. The Morgan fingerprint density at radius 1 is 1.00 bits per heavy atom. The average Bonchev–Trinajstić information content (AvgIpc) is 2.98. The SMILES string of the molecule is CC(C)(C)[Si](C)(C)O[C@H]1C=C[C@@H]2C[C@@H]2[C@@H]2C[C@@H]21. The lowest BCUT2D eigenvalue weighted by atomic mass is 10.1. The van der Waals surface area contributed by atoms with E-state index in [1.807, 2.05) is 0 Å². The second-order valence-corrected chi connectivity index (χ2v) is 12.6. The Labute approximate surface area is 107 Å². The van der Waals surface area contributed by atoms with E-state index in [0.717, 1.165) is 23.7 Å². The maximum Gasteiger partial charge on any atom is 0.192 e. The van der Waals surface area contributed by atoms with Gasteiger partial charge < -0.3 is 4.43 Å². The van der Waals surface area contributed by atoms with Crippen LogP contribution in [-0.2, 0) is 4.43 Å². The zero-order valence-corrected chi connectivity index (χ0v) is 12.9. The minimum Gasteiger partial charge on any atom is -0.410 e. The largest absolute Gasteiger partial charge is 0.410 e. The molecule has 0 N–H and O–H groups in total. The van der Waals surface area contributed by atoms with Crippen molar-refractivity contribution >= 4 is 8.32 Å². The Morgan fingerprint density at radius 3 is 2.35 bits per heavy atom. The van der Waals surface area contributed by atoms with Crippen molar-refractivity contribution in [2.24, 2.45) is 23.7 Å². The lowest BCUT2D eigenvalue weighted by Gasteiger charge is -2.38. The minimum absolute atomic E-state index is 0.334. The number of hydrogen-bond acceptors (Lipinski definition) is 1. The second-order valence-electron chi connectivity index (χ2n) is 7.85. The van der Waals surface area contributed by atoms with Crippen molar-refractivity contribution in [2.75, 3.05) is 0 Å². The highest BCUT2D eigenvalue weighted by atomic mass is 28.4. The summed E-state index contributed by atoms with van der Waals surface area (Å²) >= 11 is 0. The van der Waals surface area contributed by atoms with Crippen molar-refractivity contribution in [1.82, 2.24) is 0 Å². The molecule has 3 rings (SSSR count). The van der Waals surface area contributed by atoms with Gasteiger partial charge in [0.25, 0.3) is 0 Å². The summed E-state index contributed by atoms with van der Waals surface area (Å²) in [5.74, 6) is 3.81. The highest BCUT2D eigenvalue weighted by Crippen LogP contribution is 2.62. The molecule has 2 saturated carbocycles. The third-order valence-electron chi connectivity index (χ3n) is 5.54. The van der Waals surface area contributed by atoms with Gasteiger partial charge in [0.1, 0.15) is 0 Å². The third-order valence-corrected chi connectivity index (χ3v) is 10.0. The molecular weight excluding hydrogens is 224 g/mol. The number of allylic oxidation sites excluding steroid dienone is 1. The molecule has 2 heteroatoms. The van der Waals surface area contributed by atoms with Crippen LogP contribution < -0.4 is 0 Å². The maximum atomic E-state index is 6.60. The Hall–Kier alpha value is -0.0831. The summed E-state index contributed by atoms with van der Waals surface area (Å²) in [5, 5.41) is 0.334. The average molecular weight is 250 g/mol. The maximum absolute atomic E-state index is 6.60. The quantitative estimate of drug-likeness (QED) is 0.527. The molecule has 1 nitrogen and oxygen atoms in total. The van der Waals surface area contributed by atoms with E-state index < -0.39 is 8.32 Å². The molecule has 3 aliphatic carbocycles. The summed E-state index contributed by atoms with van der Waals surface area (Å²) < 4.78 is 6.60. The van der Waals surface area contributed by atoms with Crippen LogP contribution in [0.3, 0.4) is 0 Å². The molecule has 0 amide bonds. The van der Waals surface area contributed by atoms with Gasteiger partial charge in [-0.1, -0.05) is 32.9 Å². The van der Waals surface area contributed by atoms with E-state index in [-0.39, 0.29) is 0 Å². The van der Waals surface area contributed by atoms with Crippen LogP contribution in [0.1, 0.15) is 33.6 Å². The molecule has 0 spiro atoms. The Balaban J connectivity index is 1.71. The summed E-state index contributed by atoms with van der Waals surface area (Å²) in [4.78, 5) is 0. The number of hydrogen-bond donors (Lipinski definition) is 0. The van der Waals surface area contributed by atoms with E-state index in [1.165, 1.54) is 12.8 Å². The summed E-state index contributed by atoms with van der Waals surface area (Å²) in [6.07, 6.45) is 8.20. The standard InChI is InChI=1S/C15H26OSi/c1-15(2,3)17(4,5)16-14-7-6-10-8-11(10)12-9-13(12)14/h6-7,10-14H,8-9H2,1-5H3/t10-,11+,12+,13+,14+/m1/s1. The van der Waals surface area contributed by atoms with Crippen molar-refractivity contribution in [3.05, 3.63) is 12.2 Å². The first kappa shape index (κ1) is 12.0. The van der Waals surface area contributed by atoms with Crippen LogP contribution in [0, 0.1) is 23.7 Å². The van der Waals surface area contributed by atoms with Gasteiger partial charge in [-0.15, -0.1) is 0 Å². The Bertz CT molecular complexity index is 352. The fraction of sp³-hybridized carbons (Fsp3) is 0.867. The molecule has 5 atom stereocenters. The second kappa shape index (κ2) is 3.48. The lowest BCUT2D eigenvalue weighted by Crippen LogP contribution is -2.44. The number of fused-ring (bicyclic) bond motifs is 3. The van der Waals surface area contributed by atoms with E-state index in [4.69, 9.17) is 4.43 Å². The molecule has 0 radical (unpaired) electrons. The van der Waals surface area contributed by atoms with Gasteiger partial charge in [0.2, 0.25) is 0 Å². The van der Waals surface area contributed by atoms with Crippen molar-refractivity contribution in [2.45, 2.75) is 57.8 Å². The topological polar surface area (TPSA) is 9.23 Å². The van der Waals surface area contributed by atoms with Gasteiger partial charge in [-0.3, -0.25) is 0 Å². The van der Waals surface area contributed by atoms with Gasteiger partial charge in [-0.25, -0.2) is 0 Å². The summed E-state index contributed by atoms with van der Waals surface area (Å²) in [6.45, 7) is 11.8. The van der Waals surface area contributed by atoms with E-state index >= 15 is 0 Å². The van der Waals surface area contributed by atoms with Crippen molar-refractivity contribution in [3.63, 3.8) is 0 Å². The molecule has 0 bridgehead atoms. The van der Waals surface area contributed by atoms with E-state index in [2.05, 4.69) is 46.0 Å². The first-order chi connectivity index (χ1) is 7.79. The molecule has 3 aliphatic rings. The predicted octanol–water partition coefficient (Wildman–Crippen LogP) is 4.22. The Kier molecular flexibility index (Phi) is 2.45. The molecule has 0 unspecified atom stereocenters. The van der Waals surface area contributed by atoms with E-state index in [0.29, 0.717) is 11.1 Å². The summed E-state index contributed by atoms with van der Waals surface area (Å²) in [6, 6.07) is 0. The molecule has 2 fully saturated rings. The summed E-state index contributed by atoms with van der Waals surface area (Å²) in [7, 11) is -1.59. The van der Waals surface area contributed by atoms with Crippen molar-refractivity contribution < 1.29 is 4.43 Å². The van der Waals surface area contributed by atoms with Crippen LogP contribution >= 0.6 is 0 Å². The zero-order valence-electron chi connectivity index (χ0n) is 11.9. The monoisotopic (exact) mass is 250 g/mol. The van der Waals surface area contributed by atoms with Gasteiger partial charge in [0.05, 0.1) is 6.10 Å². The predicted molar refractivity (Wildman–Crippen MR) is 74.4 cm³/mol. The molecule has 0 saturated heterocycles. The molecular formula is C15H26OSi. The first-order valence-corrected chi connectivity index (χ1v) is 10.1. The summed E-state index contributed by atoms with van der Waals surface area (Å²) in [5.41, 5.74) is 0. The van der Waals surface area contributed by atoms with Crippen LogP contribution in [-0.4, -0.2) is 14.4 Å².